The van der Waals surface area contributed by atoms with E-state index >= 15 is 0 Å². The number of aryl methyl sites for hydroxylation is 1. The fourth-order valence-corrected chi connectivity index (χ4v) is 5.63. The second-order valence-corrected chi connectivity index (χ2v) is 10.1. The van der Waals surface area contributed by atoms with Crippen LogP contribution in [0.4, 0.5) is 17.6 Å². The largest absolute Gasteiger partial charge is 0.378 e. The summed E-state index contributed by atoms with van der Waals surface area (Å²) < 4.78 is 64.9. The summed E-state index contributed by atoms with van der Waals surface area (Å²) >= 11 is 0. The fraction of sp³-hybridized carbons (Fsp3) is 0.778. The third-order valence-corrected chi connectivity index (χ3v) is 7.67. The second kappa shape index (κ2) is 11.9. The highest BCUT2D eigenvalue weighted by Gasteiger charge is 2.44. The van der Waals surface area contributed by atoms with Crippen LogP contribution in [0.3, 0.4) is 0 Å². The molecule has 32 heavy (non-hydrogen) atoms. The van der Waals surface area contributed by atoms with Crippen molar-refractivity contribution in [2.75, 3.05) is 6.61 Å². The van der Waals surface area contributed by atoms with Crippen LogP contribution in [0, 0.1) is 23.5 Å². The fourth-order valence-electron chi connectivity index (χ4n) is 5.63. The minimum atomic E-state index is -2.71. The lowest BCUT2D eigenvalue weighted by molar-refractivity contribution is -0.105. The molecule has 1 aliphatic carbocycles. The van der Waals surface area contributed by atoms with Crippen molar-refractivity contribution >= 4 is 0 Å². The minimum Gasteiger partial charge on any atom is -0.378 e. The van der Waals surface area contributed by atoms with Crippen LogP contribution in [-0.2, 0) is 11.2 Å². The Kier molecular flexibility index (Phi) is 9.45. The first kappa shape index (κ1) is 25.5. The molecule has 4 atom stereocenters. The lowest BCUT2D eigenvalue weighted by Crippen LogP contribution is -2.36. The summed E-state index contributed by atoms with van der Waals surface area (Å²) in [6, 6.07) is 3.24. The zero-order valence-electron chi connectivity index (χ0n) is 19.8. The standard InChI is InChI=1S/C27H40F4O/c1-3-5-6-8-19-9-13-22(27(30,31)17-19)14-10-20-12-16-24(26(29)25(20)28)21-11-15-23(7-4-2)32-18-21/h12,16,19,21-23H,3-11,13-15,17-18H2,1-2H3. The van der Waals surface area contributed by atoms with Crippen LogP contribution in [0.2, 0.25) is 0 Å². The Morgan fingerprint density at radius 2 is 1.72 bits per heavy atom. The van der Waals surface area contributed by atoms with Crippen LogP contribution >= 0.6 is 0 Å². The second-order valence-electron chi connectivity index (χ2n) is 10.1. The van der Waals surface area contributed by atoms with Gasteiger partial charge in [0.1, 0.15) is 0 Å². The topological polar surface area (TPSA) is 9.23 Å². The van der Waals surface area contributed by atoms with Crippen molar-refractivity contribution in [1.82, 2.24) is 0 Å². The Balaban J connectivity index is 1.55. The predicted molar refractivity (Wildman–Crippen MR) is 121 cm³/mol. The third kappa shape index (κ3) is 6.48. The van der Waals surface area contributed by atoms with Crippen molar-refractivity contribution in [2.45, 2.75) is 115 Å². The Hall–Kier alpha value is -1.10. The van der Waals surface area contributed by atoms with Gasteiger partial charge in [-0.25, -0.2) is 17.6 Å². The highest BCUT2D eigenvalue weighted by Crippen LogP contribution is 2.45. The van der Waals surface area contributed by atoms with Crippen LogP contribution in [-0.4, -0.2) is 18.6 Å². The summed E-state index contributed by atoms with van der Waals surface area (Å²) in [4.78, 5) is 0. The number of halogens is 4. The monoisotopic (exact) mass is 456 g/mol. The first-order valence-corrected chi connectivity index (χ1v) is 12.8. The van der Waals surface area contributed by atoms with Gasteiger partial charge in [-0.15, -0.1) is 0 Å². The Bertz CT molecular complexity index is 712. The Morgan fingerprint density at radius 1 is 0.906 bits per heavy atom. The molecule has 1 aromatic rings. The third-order valence-electron chi connectivity index (χ3n) is 7.67. The van der Waals surface area contributed by atoms with Crippen LogP contribution < -0.4 is 0 Å². The van der Waals surface area contributed by atoms with Crippen molar-refractivity contribution < 1.29 is 22.3 Å². The summed E-state index contributed by atoms with van der Waals surface area (Å²) in [6.07, 6.45) is 9.59. The van der Waals surface area contributed by atoms with E-state index in [1.54, 1.807) is 12.1 Å². The molecule has 0 spiro atoms. The van der Waals surface area contributed by atoms with Gasteiger partial charge in [-0.2, -0.15) is 0 Å². The van der Waals surface area contributed by atoms with Crippen LogP contribution in [0.25, 0.3) is 0 Å². The van der Waals surface area contributed by atoms with E-state index in [-0.39, 0.29) is 42.8 Å². The molecule has 1 saturated carbocycles. The van der Waals surface area contributed by atoms with Crippen LogP contribution in [0.15, 0.2) is 12.1 Å². The van der Waals surface area contributed by atoms with Gasteiger partial charge in [0.15, 0.2) is 11.6 Å². The molecule has 1 nitrogen and oxygen atoms in total. The molecular weight excluding hydrogens is 416 g/mol. The number of unbranched alkanes of at least 4 members (excludes halogenated alkanes) is 2. The van der Waals surface area contributed by atoms with Crippen molar-refractivity contribution in [3.63, 3.8) is 0 Å². The number of alkyl halides is 2. The highest BCUT2D eigenvalue weighted by atomic mass is 19.3. The van der Waals surface area contributed by atoms with Gasteiger partial charge in [0, 0.05) is 18.3 Å². The maximum Gasteiger partial charge on any atom is 0.251 e. The molecule has 1 heterocycles. The molecule has 0 bridgehead atoms. The maximum absolute atomic E-state index is 14.8. The summed E-state index contributed by atoms with van der Waals surface area (Å²) in [5.74, 6) is -5.19. The quantitative estimate of drug-likeness (QED) is 0.253. The molecule has 2 fully saturated rings. The molecule has 3 rings (SSSR count). The molecule has 0 radical (unpaired) electrons. The van der Waals surface area contributed by atoms with E-state index in [1.807, 2.05) is 0 Å². The van der Waals surface area contributed by atoms with E-state index in [1.165, 1.54) is 0 Å². The van der Waals surface area contributed by atoms with Gasteiger partial charge in [-0.05, 0) is 62.0 Å². The molecule has 182 valence electrons. The van der Waals surface area contributed by atoms with Crippen LogP contribution in [0.5, 0.6) is 0 Å². The number of hydrogen-bond acceptors (Lipinski definition) is 1. The number of hydrogen-bond donors (Lipinski definition) is 0. The number of benzene rings is 1. The number of rotatable bonds is 10. The van der Waals surface area contributed by atoms with Gasteiger partial charge in [-0.3, -0.25) is 0 Å². The van der Waals surface area contributed by atoms with E-state index in [0.29, 0.717) is 18.6 Å². The summed E-state index contributed by atoms with van der Waals surface area (Å²) in [5.41, 5.74) is 0.576. The molecule has 1 aliphatic heterocycles. The zero-order chi connectivity index (χ0) is 23.1. The molecule has 0 N–H and O–H groups in total. The lowest BCUT2D eigenvalue weighted by atomic mass is 9.75. The van der Waals surface area contributed by atoms with Crippen molar-refractivity contribution in [3.8, 4) is 0 Å². The van der Waals surface area contributed by atoms with Gasteiger partial charge in [0.05, 0.1) is 12.7 Å². The average Bonchev–Trinajstić information content (AvgIpc) is 2.76. The van der Waals surface area contributed by atoms with Crippen molar-refractivity contribution in [2.24, 2.45) is 11.8 Å². The molecule has 1 aromatic carbocycles. The van der Waals surface area contributed by atoms with Gasteiger partial charge >= 0.3 is 0 Å². The molecule has 5 heteroatoms. The Morgan fingerprint density at radius 3 is 2.38 bits per heavy atom. The van der Waals surface area contributed by atoms with Crippen molar-refractivity contribution in [1.29, 1.82) is 0 Å². The normalized spacial score (nSPS) is 28.1. The van der Waals surface area contributed by atoms with E-state index in [0.717, 1.165) is 57.8 Å². The number of ether oxygens (including phenoxy) is 1. The highest BCUT2D eigenvalue weighted by molar-refractivity contribution is 5.29. The van der Waals surface area contributed by atoms with Gasteiger partial charge < -0.3 is 4.74 Å². The molecule has 1 saturated heterocycles. The molecule has 0 amide bonds. The predicted octanol–water partition coefficient (Wildman–Crippen LogP) is 8.59. The SMILES string of the molecule is CCCCCC1CCC(CCc2ccc(C3CCC(CCC)OC3)c(F)c2F)C(F)(F)C1. The lowest BCUT2D eigenvalue weighted by Gasteiger charge is -2.36. The molecule has 2 aliphatic rings. The minimum absolute atomic E-state index is 0.0577. The maximum atomic E-state index is 14.8. The van der Waals surface area contributed by atoms with Gasteiger partial charge in [0.25, 0.3) is 5.92 Å². The smallest absolute Gasteiger partial charge is 0.251 e. The first-order valence-electron chi connectivity index (χ1n) is 12.8. The van der Waals surface area contributed by atoms with Crippen LogP contribution in [0.1, 0.15) is 108 Å². The molecular formula is C27H40F4O. The van der Waals surface area contributed by atoms with Gasteiger partial charge in [-0.1, -0.05) is 58.1 Å². The first-order chi connectivity index (χ1) is 15.4. The average molecular weight is 457 g/mol. The molecule has 4 unspecified atom stereocenters. The van der Waals surface area contributed by atoms with Crippen molar-refractivity contribution in [3.05, 3.63) is 34.9 Å². The molecule has 0 aromatic heterocycles. The summed E-state index contributed by atoms with van der Waals surface area (Å²) in [6.45, 7) is 4.64. The Labute approximate surface area is 191 Å². The summed E-state index contributed by atoms with van der Waals surface area (Å²) in [7, 11) is 0. The zero-order valence-corrected chi connectivity index (χ0v) is 19.8. The van der Waals surface area contributed by atoms with E-state index < -0.39 is 23.5 Å². The van der Waals surface area contributed by atoms with E-state index in [4.69, 9.17) is 4.74 Å². The van der Waals surface area contributed by atoms with E-state index in [9.17, 15) is 17.6 Å². The van der Waals surface area contributed by atoms with Gasteiger partial charge in [0.2, 0.25) is 0 Å². The summed E-state index contributed by atoms with van der Waals surface area (Å²) in [5, 5.41) is 0. The van der Waals surface area contributed by atoms with E-state index in [2.05, 4.69) is 13.8 Å².